The van der Waals surface area contributed by atoms with Gasteiger partial charge in [-0.15, -0.1) is 0 Å². The van der Waals surface area contributed by atoms with E-state index in [0.717, 1.165) is 12.2 Å². The number of methoxy groups -OCH3 is 1. The molecule has 0 amide bonds. The molecular weight excluding hydrogens is 288 g/mol. The Hall–Kier alpha value is -0.310. The first kappa shape index (κ1) is 16.7. The van der Waals surface area contributed by atoms with Gasteiger partial charge in [-0.25, -0.2) is 0 Å². The van der Waals surface area contributed by atoms with E-state index in [2.05, 4.69) is 11.7 Å². The SMILES string of the molecule is CCC1CN(S(=O)(=O)N(C)CCC(=O)OC)CCS1. The average molecular weight is 310 g/mol. The van der Waals surface area contributed by atoms with Gasteiger partial charge in [0.15, 0.2) is 0 Å². The number of hydrogen-bond donors (Lipinski definition) is 0. The van der Waals surface area contributed by atoms with Gasteiger partial charge in [-0.2, -0.15) is 28.8 Å². The molecule has 1 atom stereocenters. The molecule has 0 N–H and O–H groups in total. The summed E-state index contributed by atoms with van der Waals surface area (Å²) in [6, 6.07) is 0. The Morgan fingerprint density at radius 1 is 1.53 bits per heavy atom. The van der Waals surface area contributed by atoms with Crippen LogP contribution in [-0.4, -0.2) is 67.8 Å². The van der Waals surface area contributed by atoms with Crippen molar-refractivity contribution in [2.75, 3.05) is 39.5 Å². The van der Waals surface area contributed by atoms with Crippen molar-refractivity contribution in [2.45, 2.75) is 25.0 Å². The molecule has 0 saturated carbocycles. The quantitative estimate of drug-likeness (QED) is 0.670. The molecule has 112 valence electrons. The summed E-state index contributed by atoms with van der Waals surface area (Å²) in [5.74, 6) is 0.422. The maximum absolute atomic E-state index is 12.3. The molecule has 1 aliphatic heterocycles. The third-order valence-corrected chi connectivity index (χ3v) is 6.46. The number of carbonyl (C=O) groups is 1. The number of hydrogen-bond acceptors (Lipinski definition) is 5. The van der Waals surface area contributed by atoms with Gasteiger partial charge in [0.25, 0.3) is 10.2 Å². The van der Waals surface area contributed by atoms with Gasteiger partial charge in [-0.1, -0.05) is 6.92 Å². The Kier molecular flexibility index (Phi) is 6.58. The second-order valence-corrected chi connectivity index (χ2v) is 7.86. The van der Waals surface area contributed by atoms with Crippen LogP contribution in [0.5, 0.6) is 0 Å². The fraction of sp³-hybridized carbons (Fsp3) is 0.909. The summed E-state index contributed by atoms with van der Waals surface area (Å²) >= 11 is 1.82. The van der Waals surface area contributed by atoms with E-state index in [1.54, 1.807) is 0 Å². The van der Waals surface area contributed by atoms with Crippen molar-refractivity contribution < 1.29 is 17.9 Å². The molecule has 0 bridgehead atoms. The number of carbonyl (C=O) groups excluding carboxylic acids is 1. The molecule has 8 heteroatoms. The molecular formula is C11H22N2O4S2. The van der Waals surface area contributed by atoms with Crippen molar-refractivity contribution >= 4 is 27.9 Å². The smallest absolute Gasteiger partial charge is 0.306 e. The predicted octanol–water partition coefficient (Wildman–Crippen LogP) is 0.554. The Balaban J connectivity index is 2.60. The Labute approximate surface area is 119 Å². The van der Waals surface area contributed by atoms with E-state index in [1.165, 1.54) is 22.8 Å². The van der Waals surface area contributed by atoms with Crippen LogP contribution in [0.4, 0.5) is 0 Å². The van der Waals surface area contributed by atoms with Crippen LogP contribution in [0.15, 0.2) is 0 Å². The minimum Gasteiger partial charge on any atom is -0.469 e. The molecule has 0 radical (unpaired) electrons. The van der Waals surface area contributed by atoms with E-state index in [4.69, 9.17) is 0 Å². The second-order valence-electron chi connectivity index (χ2n) is 4.41. The van der Waals surface area contributed by atoms with Gasteiger partial charge in [0.2, 0.25) is 0 Å². The number of esters is 1. The number of nitrogens with zero attached hydrogens (tertiary/aromatic N) is 2. The lowest BCUT2D eigenvalue weighted by molar-refractivity contribution is -0.140. The molecule has 0 aromatic carbocycles. The highest BCUT2D eigenvalue weighted by molar-refractivity contribution is 8.00. The minimum absolute atomic E-state index is 0.0754. The summed E-state index contributed by atoms with van der Waals surface area (Å²) in [6.45, 7) is 3.29. The molecule has 19 heavy (non-hydrogen) atoms. The van der Waals surface area contributed by atoms with Gasteiger partial charge in [-0.05, 0) is 6.42 Å². The normalized spacial score (nSPS) is 21.6. The van der Waals surface area contributed by atoms with Gasteiger partial charge in [0, 0.05) is 37.7 Å². The average Bonchev–Trinajstić information content (AvgIpc) is 2.44. The van der Waals surface area contributed by atoms with Crippen molar-refractivity contribution in [2.24, 2.45) is 0 Å². The third-order valence-electron chi connectivity index (χ3n) is 3.14. The van der Waals surface area contributed by atoms with Crippen LogP contribution >= 0.6 is 11.8 Å². The van der Waals surface area contributed by atoms with Crippen LogP contribution in [0.3, 0.4) is 0 Å². The molecule has 1 heterocycles. The summed E-state index contributed by atoms with van der Waals surface area (Å²) in [6.07, 6.45) is 1.04. The van der Waals surface area contributed by atoms with Crippen LogP contribution < -0.4 is 0 Å². The number of thioether (sulfide) groups is 1. The zero-order chi connectivity index (χ0) is 14.5. The first-order valence-electron chi connectivity index (χ1n) is 6.31. The fourth-order valence-corrected chi connectivity index (χ4v) is 4.61. The molecule has 0 aliphatic carbocycles. The van der Waals surface area contributed by atoms with Crippen LogP contribution in [0.2, 0.25) is 0 Å². The van der Waals surface area contributed by atoms with Crippen LogP contribution in [0.1, 0.15) is 19.8 Å². The van der Waals surface area contributed by atoms with Gasteiger partial charge < -0.3 is 4.74 Å². The van der Waals surface area contributed by atoms with Crippen LogP contribution in [-0.2, 0) is 19.7 Å². The Morgan fingerprint density at radius 3 is 2.79 bits per heavy atom. The lowest BCUT2D eigenvalue weighted by atomic mass is 10.3. The number of rotatable bonds is 6. The first-order valence-corrected chi connectivity index (χ1v) is 8.76. The van der Waals surface area contributed by atoms with E-state index < -0.39 is 16.2 Å². The highest BCUT2D eigenvalue weighted by Crippen LogP contribution is 2.23. The lowest BCUT2D eigenvalue weighted by Crippen LogP contribution is -2.48. The van der Waals surface area contributed by atoms with Crippen molar-refractivity contribution in [3.8, 4) is 0 Å². The molecule has 1 fully saturated rings. The summed E-state index contributed by atoms with van der Waals surface area (Å²) in [5, 5.41) is 0.359. The van der Waals surface area contributed by atoms with Crippen LogP contribution in [0.25, 0.3) is 0 Å². The molecule has 0 spiro atoms. The van der Waals surface area contributed by atoms with Crippen molar-refractivity contribution in [1.82, 2.24) is 8.61 Å². The molecule has 1 unspecified atom stereocenters. The Bertz CT molecular complexity index is 399. The summed E-state index contributed by atoms with van der Waals surface area (Å²) in [5.41, 5.74) is 0. The fourth-order valence-electron chi connectivity index (χ4n) is 1.81. The van der Waals surface area contributed by atoms with Crippen molar-refractivity contribution in [1.29, 1.82) is 0 Å². The van der Waals surface area contributed by atoms with E-state index in [1.807, 2.05) is 11.8 Å². The maximum Gasteiger partial charge on any atom is 0.306 e. The van der Waals surface area contributed by atoms with Gasteiger partial charge in [-0.3, -0.25) is 4.79 Å². The molecule has 1 aliphatic rings. The van der Waals surface area contributed by atoms with Gasteiger partial charge >= 0.3 is 5.97 Å². The van der Waals surface area contributed by atoms with Gasteiger partial charge in [0.1, 0.15) is 0 Å². The zero-order valence-electron chi connectivity index (χ0n) is 11.7. The standard InChI is InChI=1S/C11H22N2O4S2/c1-4-10-9-13(7-8-18-10)19(15,16)12(2)6-5-11(14)17-3/h10H,4-9H2,1-3H3. The van der Waals surface area contributed by atoms with E-state index in [-0.39, 0.29) is 13.0 Å². The second kappa shape index (κ2) is 7.47. The zero-order valence-corrected chi connectivity index (χ0v) is 13.3. The highest BCUT2D eigenvalue weighted by Gasteiger charge is 2.31. The monoisotopic (exact) mass is 310 g/mol. The summed E-state index contributed by atoms with van der Waals surface area (Å²) in [7, 11) is -0.666. The third kappa shape index (κ3) is 4.62. The first-order chi connectivity index (χ1) is 8.91. The van der Waals surface area contributed by atoms with E-state index in [0.29, 0.717) is 18.3 Å². The number of ether oxygens (including phenoxy) is 1. The van der Waals surface area contributed by atoms with E-state index >= 15 is 0 Å². The molecule has 0 aromatic heterocycles. The van der Waals surface area contributed by atoms with E-state index in [9.17, 15) is 13.2 Å². The molecule has 6 nitrogen and oxygen atoms in total. The lowest BCUT2D eigenvalue weighted by Gasteiger charge is -2.33. The van der Waals surface area contributed by atoms with Gasteiger partial charge in [0.05, 0.1) is 13.5 Å². The minimum atomic E-state index is -3.46. The summed E-state index contributed by atoms with van der Waals surface area (Å²) < 4.78 is 31.9. The molecule has 1 rings (SSSR count). The van der Waals surface area contributed by atoms with Crippen LogP contribution in [0, 0.1) is 0 Å². The molecule has 1 saturated heterocycles. The van der Waals surface area contributed by atoms with Crippen molar-refractivity contribution in [3.63, 3.8) is 0 Å². The largest absolute Gasteiger partial charge is 0.469 e. The molecule has 0 aromatic rings. The van der Waals surface area contributed by atoms with Crippen molar-refractivity contribution in [3.05, 3.63) is 0 Å². The maximum atomic E-state index is 12.3. The Morgan fingerprint density at radius 2 is 2.21 bits per heavy atom. The highest BCUT2D eigenvalue weighted by atomic mass is 32.2. The summed E-state index contributed by atoms with van der Waals surface area (Å²) in [4.78, 5) is 11.1. The predicted molar refractivity (Wildman–Crippen MR) is 76.3 cm³/mol. The topological polar surface area (TPSA) is 66.9 Å².